The third-order valence-corrected chi connectivity index (χ3v) is 5.30. The van der Waals surface area contributed by atoms with E-state index in [1.54, 1.807) is 42.5 Å². The first-order valence-corrected chi connectivity index (χ1v) is 9.65. The van der Waals surface area contributed by atoms with E-state index in [1.165, 1.54) is 18.9 Å². The van der Waals surface area contributed by atoms with E-state index in [1.807, 2.05) is 30.3 Å². The van der Waals surface area contributed by atoms with Gasteiger partial charge < -0.3 is 10.1 Å². The highest BCUT2D eigenvalue weighted by atomic mass is 32.2. The van der Waals surface area contributed by atoms with Gasteiger partial charge in [0.25, 0.3) is 5.91 Å². The van der Waals surface area contributed by atoms with Crippen LogP contribution >= 0.6 is 11.8 Å². The molecule has 0 spiro atoms. The lowest BCUT2D eigenvalue weighted by molar-refractivity contribution is -0.139. The maximum absolute atomic E-state index is 12.8. The molecule has 3 aromatic carbocycles. The smallest absolute Gasteiger partial charge is 0.309 e. The van der Waals surface area contributed by atoms with Crippen molar-refractivity contribution in [2.24, 2.45) is 0 Å². The van der Waals surface area contributed by atoms with Gasteiger partial charge in [-0.2, -0.15) is 5.26 Å². The van der Waals surface area contributed by atoms with Crippen molar-refractivity contribution in [2.75, 3.05) is 12.4 Å². The van der Waals surface area contributed by atoms with Gasteiger partial charge in [-0.25, -0.2) is 0 Å². The number of hydrogen-bond acceptors (Lipinski definition) is 5. The number of nitriles is 1. The van der Waals surface area contributed by atoms with E-state index in [0.29, 0.717) is 16.8 Å². The predicted molar refractivity (Wildman–Crippen MR) is 112 cm³/mol. The highest BCUT2D eigenvalue weighted by Gasteiger charge is 2.14. The molecule has 6 heteroatoms. The molecule has 0 unspecified atom stereocenters. The molecule has 0 aliphatic rings. The molecule has 3 aromatic rings. The van der Waals surface area contributed by atoms with Crippen molar-refractivity contribution in [3.05, 3.63) is 89.5 Å². The topological polar surface area (TPSA) is 79.2 Å². The number of benzene rings is 3. The Morgan fingerprint density at radius 1 is 0.966 bits per heavy atom. The third-order valence-electron chi connectivity index (χ3n) is 4.15. The van der Waals surface area contributed by atoms with Crippen molar-refractivity contribution in [3.8, 4) is 6.07 Å². The standard InChI is InChI=1S/C23H18N2O3S/c1-28-22(26)14-16-10-12-18(13-11-16)25-23(27)19-7-3-5-9-21(19)29-20-8-4-2-6-17(20)15-24/h2-13H,14H2,1H3,(H,25,27). The first-order valence-electron chi connectivity index (χ1n) is 8.84. The fourth-order valence-electron chi connectivity index (χ4n) is 2.65. The lowest BCUT2D eigenvalue weighted by Gasteiger charge is -2.11. The van der Waals surface area contributed by atoms with Crippen LogP contribution in [0.3, 0.4) is 0 Å². The number of carbonyl (C=O) groups excluding carboxylic acids is 2. The Hall–Kier alpha value is -3.56. The molecular formula is C23H18N2O3S. The Bertz CT molecular complexity index is 1070. The Balaban J connectivity index is 1.77. The Morgan fingerprint density at radius 2 is 1.62 bits per heavy atom. The maximum Gasteiger partial charge on any atom is 0.309 e. The Labute approximate surface area is 173 Å². The van der Waals surface area contributed by atoms with Gasteiger partial charge in [0.15, 0.2) is 0 Å². The summed E-state index contributed by atoms with van der Waals surface area (Å²) in [6.45, 7) is 0. The van der Waals surface area contributed by atoms with Crippen LogP contribution in [0.2, 0.25) is 0 Å². The second kappa shape index (κ2) is 9.58. The summed E-state index contributed by atoms with van der Waals surface area (Å²) in [5.41, 5.74) is 2.51. The maximum atomic E-state index is 12.8. The molecule has 0 fully saturated rings. The molecule has 0 saturated heterocycles. The first kappa shape index (κ1) is 20.2. The van der Waals surface area contributed by atoms with Gasteiger partial charge in [-0.3, -0.25) is 9.59 Å². The first-order chi connectivity index (χ1) is 14.1. The van der Waals surface area contributed by atoms with E-state index in [-0.39, 0.29) is 18.3 Å². The third kappa shape index (κ3) is 5.24. The average molecular weight is 402 g/mol. The van der Waals surface area contributed by atoms with E-state index >= 15 is 0 Å². The zero-order chi connectivity index (χ0) is 20.6. The second-order valence-electron chi connectivity index (χ2n) is 6.11. The summed E-state index contributed by atoms with van der Waals surface area (Å²) in [7, 11) is 1.35. The number of methoxy groups -OCH3 is 1. The van der Waals surface area contributed by atoms with Crippen LogP contribution in [0.25, 0.3) is 0 Å². The molecule has 0 bridgehead atoms. The number of ether oxygens (including phenoxy) is 1. The molecule has 1 amide bonds. The molecule has 0 aliphatic carbocycles. The summed E-state index contributed by atoms with van der Waals surface area (Å²) in [6.07, 6.45) is 0.183. The van der Waals surface area contributed by atoms with Crippen LogP contribution < -0.4 is 5.32 Å². The lowest BCUT2D eigenvalue weighted by atomic mass is 10.1. The number of hydrogen-bond donors (Lipinski definition) is 1. The molecule has 3 rings (SSSR count). The van der Waals surface area contributed by atoms with Crippen molar-refractivity contribution in [1.29, 1.82) is 5.26 Å². The molecule has 1 N–H and O–H groups in total. The number of nitrogens with zero attached hydrogens (tertiary/aromatic N) is 1. The fraction of sp³-hybridized carbons (Fsp3) is 0.0870. The molecule has 0 atom stereocenters. The van der Waals surface area contributed by atoms with Crippen molar-refractivity contribution in [2.45, 2.75) is 16.2 Å². The minimum absolute atomic E-state index is 0.183. The summed E-state index contributed by atoms with van der Waals surface area (Å²) >= 11 is 1.38. The number of carbonyl (C=O) groups is 2. The van der Waals surface area contributed by atoms with E-state index in [0.717, 1.165) is 15.4 Å². The van der Waals surface area contributed by atoms with Gasteiger partial charge in [0.2, 0.25) is 0 Å². The summed E-state index contributed by atoms with van der Waals surface area (Å²) in [4.78, 5) is 25.7. The van der Waals surface area contributed by atoms with E-state index in [4.69, 9.17) is 0 Å². The molecule has 0 heterocycles. The minimum atomic E-state index is -0.314. The van der Waals surface area contributed by atoms with Crippen LogP contribution in [0.4, 0.5) is 5.69 Å². The number of esters is 1. The average Bonchev–Trinajstić information content (AvgIpc) is 2.75. The highest BCUT2D eigenvalue weighted by Crippen LogP contribution is 2.32. The molecule has 0 aromatic heterocycles. The molecule has 0 aliphatic heterocycles. The van der Waals surface area contributed by atoms with Crippen LogP contribution in [-0.4, -0.2) is 19.0 Å². The van der Waals surface area contributed by atoms with Crippen molar-refractivity contribution in [3.63, 3.8) is 0 Å². The van der Waals surface area contributed by atoms with E-state index in [2.05, 4.69) is 16.1 Å². The Morgan fingerprint density at radius 3 is 2.31 bits per heavy atom. The molecule has 29 heavy (non-hydrogen) atoms. The molecule has 144 valence electrons. The van der Waals surface area contributed by atoms with Crippen LogP contribution in [0, 0.1) is 11.3 Å². The fourth-order valence-corrected chi connectivity index (χ4v) is 3.68. The van der Waals surface area contributed by atoms with Gasteiger partial charge >= 0.3 is 5.97 Å². The summed E-state index contributed by atoms with van der Waals surface area (Å²) in [6, 6.07) is 23.8. The van der Waals surface area contributed by atoms with Crippen LogP contribution in [0.15, 0.2) is 82.6 Å². The van der Waals surface area contributed by atoms with Crippen LogP contribution in [-0.2, 0) is 16.0 Å². The zero-order valence-corrected chi connectivity index (χ0v) is 16.5. The molecule has 0 saturated carbocycles. The van der Waals surface area contributed by atoms with E-state index < -0.39 is 0 Å². The predicted octanol–water partition coefficient (Wildman–Crippen LogP) is 4.68. The minimum Gasteiger partial charge on any atom is -0.469 e. The second-order valence-corrected chi connectivity index (χ2v) is 7.19. The Kier molecular flexibility index (Phi) is 6.67. The quantitative estimate of drug-likeness (QED) is 0.606. The van der Waals surface area contributed by atoms with Gasteiger partial charge in [0.1, 0.15) is 6.07 Å². The van der Waals surface area contributed by atoms with Crippen molar-refractivity contribution in [1.82, 2.24) is 0 Å². The summed E-state index contributed by atoms with van der Waals surface area (Å²) in [5, 5.41) is 12.2. The SMILES string of the molecule is COC(=O)Cc1ccc(NC(=O)c2ccccc2Sc2ccccc2C#N)cc1. The molecular weight excluding hydrogens is 384 g/mol. The lowest BCUT2D eigenvalue weighted by Crippen LogP contribution is -2.13. The number of nitrogens with one attached hydrogen (secondary N) is 1. The largest absolute Gasteiger partial charge is 0.469 e. The number of rotatable bonds is 6. The van der Waals surface area contributed by atoms with Crippen molar-refractivity contribution >= 4 is 29.3 Å². The molecule has 0 radical (unpaired) electrons. The number of amides is 1. The summed E-state index contributed by atoms with van der Waals surface area (Å²) in [5.74, 6) is -0.561. The summed E-state index contributed by atoms with van der Waals surface area (Å²) < 4.78 is 4.65. The van der Waals surface area contributed by atoms with Gasteiger partial charge in [0.05, 0.1) is 24.7 Å². The highest BCUT2D eigenvalue weighted by molar-refractivity contribution is 7.99. The number of anilines is 1. The van der Waals surface area contributed by atoms with Crippen LogP contribution in [0.5, 0.6) is 0 Å². The zero-order valence-electron chi connectivity index (χ0n) is 15.7. The van der Waals surface area contributed by atoms with Gasteiger partial charge in [-0.1, -0.05) is 48.2 Å². The van der Waals surface area contributed by atoms with Gasteiger partial charge in [-0.15, -0.1) is 0 Å². The monoisotopic (exact) mass is 402 g/mol. The van der Waals surface area contributed by atoms with E-state index in [9.17, 15) is 14.9 Å². The van der Waals surface area contributed by atoms with Gasteiger partial charge in [0, 0.05) is 15.5 Å². The normalized spacial score (nSPS) is 10.1. The van der Waals surface area contributed by atoms with Crippen LogP contribution in [0.1, 0.15) is 21.5 Å². The van der Waals surface area contributed by atoms with Crippen molar-refractivity contribution < 1.29 is 14.3 Å². The van der Waals surface area contributed by atoms with Gasteiger partial charge in [-0.05, 0) is 42.0 Å². The molecule has 5 nitrogen and oxygen atoms in total.